The molecule has 1 aromatic rings. The molecule has 0 aromatic heterocycles. The first-order chi connectivity index (χ1) is 11.7. The average molecular weight is 408 g/mol. The molecule has 1 heterocycles. The van der Waals surface area contributed by atoms with Crippen LogP contribution in [0, 0.1) is 17.0 Å². The topological polar surface area (TPSA) is 119 Å². The van der Waals surface area contributed by atoms with Crippen molar-refractivity contribution in [2.24, 2.45) is 0 Å². The number of hydrogen-bond acceptors (Lipinski definition) is 7. The van der Waals surface area contributed by atoms with Crippen LogP contribution in [0.2, 0.25) is 0 Å². The summed E-state index contributed by atoms with van der Waals surface area (Å²) in [5, 5.41) is 14.4. The Hall–Kier alpha value is -1.75. The van der Waals surface area contributed by atoms with E-state index in [-0.39, 0.29) is 47.6 Å². The van der Waals surface area contributed by atoms with Crippen molar-refractivity contribution in [3.63, 3.8) is 0 Å². The maximum atomic E-state index is 12.9. The number of sulfonamides is 1. The summed E-state index contributed by atoms with van der Waals surface area (Å²) in [7, 11) is -3.97. The smallest absolute Gasteiger partial charge is 0.338 e. The van der Waals surface area contributed by atoms with Crippen molar-refractivity contribution in [1.29, 1.82) is 0 Å². The highest BCUT2D eigenvalue weighted by Gasteiger charge is 2.34. The lowest BCUT2D eigenvalue weighted by Gasteiger charge is -2.32. The Morgan fingerprint density at radius 1 is 1.46 bits per heavy atom. The largest absolute Gasteiger partial charge is 0.462 e. The Balaban J connectivity index is 0.00000338. The number of esters is 1. The van der Waals surface area contributed by atoms with Gasteiger partial charge in [-0.15, -0.1) is 12.4 Å². The number of hydrogen-bond donors (Lipinski definition) is 1. The summed E-state index contributed by atoms with van der Waals surface area (Å²) < 4.78 is 32.1. The molecule has 0 bridgehead atoms. The molecule has 1 N–H and O–H groups in total. The van der Waals surface area contributed by atoms with Gasteiger partial charge in [0.05, 0.1) is 22.0 Å². The van der Waals surface area contributed by atoms with Crippen molar-refractivity contribution in [3.05, 3.63) is 33.4 Å². The van der Waals surface area contributed by atoms with E-state index in [9.17, 15) is 23.3 Å². The van der Waals surface area contributed by atoms with Crippen LogP contribution in [0.5, 0.6) is 0 Å². The molecule has 0 amide bonds. The van der Waals surface area contributed by atoms with E-state index >= 15 is 0 Å². The standard InChI is InChI=1S/C15H21N3O6S.ClH/c1-4-24-15(19)13-7-12(8-14(11(13)3)18(20)21)25(22,23)17-6-5-16-9-10(17)2;/h7-8,10,16H,4-6,9H2,1-3H3;1H. The van der Waals surface area contributed by atoms with E-state index in [1.54, 1.807) is 13.8 Å². The molecule has 146 valence electrons. The predicted octanol–water partition coefficient (Wildman–Crippen LogP) is 1.48. The van der Waals surface area contributed by atoms with Gasteiger partial charge >= 0.3 is 5.97 Å². The number of nitrogens with one attached hydrogen (secondary N) is 1. The Bertz CT molecular complexity index is 799. The quantitative estimate of drug-likeness (QED) is 0.446. The van der Waals surface area contributed by atoms with Crippen LogP contribution in [-0.4, -0.2) is 55.9 Å². The van der Waals surface area contributed by atoms with Crippen LogP contribution in [0.1, 0.15) is 29.8 Å². The summed E-state index contributed by atoms with van der Waals surface area (Å²) in [6, 6.07) is 1.86. The highest BCUT2D eigenvalue weighted by molar-refractivity contribution is 7.89. The molecule has 1 atom stereocenters. The molecule has 1 aliphatic heterocycles. The monoisotopic (exact) mass is 407 g/mol. The number of piperazine rings is 1. The van der Waals surface area contributed by atoms with Crippen molar-refractivity contribution in [2.45, 2.75) is 31.7 Å². The second kappa shape index (κ2) is 8.76. The molecule has 1 aromatic carbocycles. The summed E-state index contributed by atoms with van der Waals surface area (Å²) in [6.45, 7) is 6.05. The molecule has 26 heavy (non-hydrogen) atoms. The fourth-order valence-corrected chi connectivity index (χ4v) is 4.43. The number of nitro benzene ring substituents is 1. The minimum atomic E-state index is -3.97. The lowest BCUT2D eigenvalue weighted by molar-refractivity contribution is -0.385. The van der Waals surface area contributed by atoms with Crippen molar-refractivity contribution in [1.82, 2.24) is 9.62 Å². The summed E-state index contributed by atoms with van der Waals surface area (Å²) in [6.07, 6.45) is 0. The minimum absolute atomic E-state index is 0. The predicted molar refractivity (Wildman–Crippen MR) is 97.3 cm³/mol. The number of benzene rings is 1. The number of rotatable bonds is 5. The Kier molecular flexibility index (Phi) is 7.51. The molecule has 0 radical (unpaired) electrons. The van der Waals surface area contributed by atoms with Crippen molar-refractivity contribution in [2.75, 3.05) is 26.2 Å². The third-order valence-corrected chi connectivity index (χ3v) is 6.08. The first-order valence-corrected chi connectivity index (χ1v) is 9.32. The van der Waals surface area contributed by atoms with Gasteiger partial charge in [-0.25, -0.2) is 13.2 Å². The number of halogens is 1. The van der Waals surface area contributed by atoms with E-state index in [2.05, 4.69) is 5.32 Å². The van der Waals surface area contributed by atoms with Crippen LogP contribution >= 0.6 is 12.4 Å². The van der Waals surface area contributed by atoms with Gasteiger partial charge in [-0.3, -0.25) is 10.1 Å². The third-order valence-electron chi connectivity index (χ3n) is 4.09. The maximum Gasteiger partial charge on any atom is 0.338 e. The second-order valence-corrected chi connectivity index (χ2v) is 7.65. The second-order valence-electron chi connectivity index (χ2n) is 5.76. The van der Waals surface area contributed by atoms with Crippen LogP contribution in [0.3, 0.4) is 0 Å². The lowest BCUT2D eigenvalue weighted by Crippen LogP contribution is -2.52. The van der Waals surface area contributed by atoms with Gasteiger partial charge < -0.3 is 10.1 Å². The van der Waals surface area contributed by atoms with Gasteiger partial charge in [-0.1, -0.05) is 0 Å². The van der Waals surface area contributed by atoms with E-state index in [1.807, 2.05) is 0 Å². The van der Waals surface area contributed by atoms with E-state index in [0.717, 1.165) is 12.1 Å². The van der Waals surface area contributed by atoms with Crippen molar-refractivity contribution in [3.8, 4) is 0 Å². The zero-order valence-electron chi connectivity index (χ0n) is 14.7. The van der Waals surface area contributed by atoms with Gasteiger partial charge in [0.1, 0.15) is 0 Å². The molecular formula is C15H22ClN3O6S. The molecule has 9 nitrogen and oxygen atoms in total. The Morgan fingerprint density at radius 3 is 2.65 bits per heavy atom. The van der Waals surface area contributed by atoms with E-state index in [4.69, 9.17) is 4.74 Å². The molecule has 2 rings (SSSR count). The van der Waals surface area contributed by atoms with Gasteiger partial charge in [-0.2, -0.15) is 4.31 Å². The highest BCUT2D eigenvalue weighted by atomic mass is 35.5. The third kappa shape index (κ3) is 4.32. The van der Waals surface area contributed by atoms with Crippen molar-refractivity contribution < 1.29 is 22.9 Å². The van der Waals surface area contributed by atoms with Crippen LogP contribution in [-0.2, 0) is 14.8 Å². The number of ether oxygens (including phenoxy) is 1. The van der Waals surface area contributed by atoms with Crippen LogP contribution in [0.25, 0.3) is 0 Å². The van der Waals surface area contributed by atoms with E-state index < -0.39 is 26.6 Å². The fourth-order valence-electron chi connectivity index (χ4n) is 2.75. The maximum absolute atomic E-state index is 12.9. The number of carbonyl (C=O) groups excluding carboxylic acids is 1. The molecule has 1 saturated heterocycles. The molecule has 11 heteroatoms. The van der Waals surface area contributed by atoms with Crippen molar-refractivity contribution >= 4 is 34.1 Å². The normalized spacial score (nSPS) is 18.0. The fraction of sp³-hybridized carbons (Fsp3) is 0.533. The highest BCUT2D eigenvalue weighted by Crippen LogP contribution is 2.29. The van der Waals surface area contributed by atoms with Gasteiger partial charge in [0.2, 0.25) is 10.0 Å². The summed E-state index contributed by atoms with van der Waals surface area (Å²) in [5.74, 6) is -0.784. The van der Waals surface area contributed by atoms with Crippen LogP contribution in [0.15, 0.2) is 17.0 Å². The number of nitrogens with zero attached hydrogens (tertiary/aromatic N) is 2. The molecule has 0 saturated carbocycles. The average Bonchev–Trinajstić information content (AvgIpc) is 2.54. The first kappa shape index (κ1) is 22.3. The number of nitro groups is 1. The Morgan fingerprint density at radius 2 is 2.12 bits per heavy atom. The first-order valence-electron chi connectivity index (χ1n) is 7.88. The van der Waals surface area contributed by atoms with E-state index in [1.165, 1.54) is 11.2 Å². The molecular weight excluding hydrogens is 386 g/mol. The summed E-state index contributed by atoms with van der Waals surface area (Å²) in [5.41, 5.74) is -0.458. The van der Waals surface area contributed by atoms with Crippen LogP contribution in [0.4, 0.5) is 5.69 Å². The molecule has 0 spiro atoms. The molecule has 1 aliphatic rings. The summed E-state index contributed by atoms with van der Waals surface area (Å²) >= 11 is 0. The Labute approximate surface area is 158 Å². The zero-order valence-corrected chi connectivity index (χ0v) is 16.4. The van der Waals surface area contributed by atoms with Gasteiger partial charge in [0, 0.05) is 37.3 Å². The zero-order chi connectivity index (χ0) is 18.8. The van der Waals surface area contributed by atoms with Gasteiger partial charge in [0.15, 0.2) is 0 Å². The molecule has 0 aliphatic carbocycles. The van der Waals surface area contributed by atoms with Gasteiger partial charge in [-0.05, 0) is 26.8 Å². The van der Waals surface area contributed by atoms with Crippen LogP contribution < -0.4 is 5.32 Å². The number of carbonyl (C=O) groups is 1. The molecule has 1 fully saturated rings. The SMILES string of the molecule is CCOC(=O)c1cc(S(=O)(=O)N2CCNCC2C)cc([N+](=O)[O-])c1C.Cl. The van der Waals surface area contributed by atoms with Gasteiger partial charge in [0.25, 0.3) is 5.69 Å². The summed E-state index contributed by atoms with van der Waals surface area (Å²) in [4.78, 5) is 22.4. The molecule has 1 unspecified atom stereocenters. The minimum Gasteiger partial charge on any atom is -0.462 e. The lowest BCUT2D eigenvalue weighted by atomic mass is 10.1. The van der Waals surface area contributed by atoms with E-state index in [0.29, 0.717) is 13.1 Å².